The van der Waals surface area contributed by atoms with Gasteiger partial charge in [0, 0.05) is 44.0 Å². The minimum atomic E-state index is 0.115. The second-order valence-corrected chi connectivity index (χ2v) is 11.8. The third kappa shape index (κ3) is 7.79. The molecule has 0 amide bonds. The zero-order valence-corrected chi connectivity index (χ0v) is 23.7. The SMILES string of the molecule is CCS[C@H](C)C[C@H]1C[C@H](c2ccc(OC)cc2)[C@@H](OCc2ccc3c(c2)N(CCCOC)CCO3)CN1. The normalized spacial score (nSPS) is 22.3. The van der Waals surface area contributed by atoms with Crippen LogP contribution in [0, 0.1) is 0 Å². The molecule has 1 N–H and O–H groups in total. The topological polar surface area (TPSA) is 52.2 Å². The standard InChI is InChI=1S/C30H44N2O4S/c1-5-37-22(2)17-25-19-27(24-8-10-26(34-4)11-9-24)30(20-31-25)36-21-23-7-12-29-28(18-23)32(14-16-35-29)13-6-15-33-3/h7-12,18,22,25,27,30-31H,5-6,13-17,19-21H2,1-4H3/t22-,25+,27-,30+/m1/s1. The first-order valence-corrected chi connectivity index (χ1v) is 14.8. The van der Waals surface area contributed by atoms with Crippen LogP contribution in [-0.2, 0) is 16.1 Å². The summed E-state index contributed by atoms with van der Waals surface area (Å²) >= 11 is 2.04. The molecule has 0 bridgehead atoms. The van der Waals surface area contributed by atoms with E-state index in [0.717, 1.165) is 62.9 Å². The van der Waals surface area contributed by atoms with E-state index in [2.05, 4.69) is 66.5 Å². The van der Waals surface area contributed by atoms with Gasteiger partial charge in [-0.15, -0.1) is 0 Å². The second-order valence-electron chi connectivity index (χ2n) is 10.1. The van der Waals surface area contributed by atoms with Crippen LogP contribution in [0.2, 0.25) is 0 Å². The molecule has 0 radical (unpaired) electrons. The number of nitrogens with zero attached hydrogens (tertiary/aromatic N) is 1. The molecule has 1 saturated heterocycles. The Morgan fingerprint density at radius 1 is 1.16 bits per heavy atom. The van der Waals surface area contributed by atoms with E-state index in [1.54, 1.807) is 14.2 Å². The quantitative estimate of drug-likeness (QED) is 0.345. The smallest absolute Gasteiger partial charge is 0.142 e. The molecule has 0 saturated carbocycles. The summed E-state index contributed by atoms with van der Waals surface area (Å²) in [5.41, 5.74) is 3.68. The van der Waals surface area contributed by atoms with Gasteiger partial charge < -0.3 is 29.2 Å². The van der Waals surface area contributed by atoms with Crippen molar-refractivity contribution in [3.8, 4) is 11.5 Å². The maximum atomic E-state index is 6.64. The number of nitrogens with one attached hydrogen (secondary N) is 1. The highest BCUT2D eigenvalue weighted by Gasteiger charge is 2.33. The lowest BCUT2D eigenvalue weighted by atomic mass is 9.83. The lowest BCUT2D eigenvalue weighted by Crippen LogP contribution is -2.47. The highest BCUT2D eigenvalue weighted by Crippen LogP contribution is 2.36. The van der Waals surface area contributed by atoms with Crippen LogP contribution in [0.3, 0.4) is 0 Å². The fourth-order valence-electron chi connectivity index (χ4n) is 5.52. The Morgan fingerprint density at radius 3 is 2.76 bits per heavy atom. The Bertz CT molecular complexity index is 957. The molecule has 4 atom stereocenters. The van der Waals surface area contributed by atoms with Crippen LogP contribution >= 0.6 is 11.8 Å². The lowest BCUT2D eigenvalue weighted by Gasteiger charge is -2.38. The Hall–Kier alpha value is -1.93. The maximum absolute atomic E-state index is 6.64. The number of rotatable bonds is 13. The van der Waals surface area contributed by atoms with E-state index in [0.29, 0.717) is 23.8 Å². The molecule has 7 heteroatoms. The van der Waals surface area contributed by atoms with Gasteiger partial charge in [0.25, 0.3) is 0 Å². The number of ether oxygens (including phenoxy) is 4. The van der Waals surface area contributed by atoms with E-state index in [-0.39, 0.29) is 6.10 Å². The number of thioether (sulfide) groups is 1. The minimum absolute atomic E-state index is 0.115. The summed E-state index contributed by atoms with van der Waals surface area (Å²) in [6.45, 7) is 9.41. The summed E-state index contributed by atoms with van der Waals surface area (Å²) in [5, 5.41) is 4.45. The number of piperidine rings is 1. The number of fused-ring (bicyclic) bond motifs is 1. The molecule has 37 heavy (non-hydrogen) atoms. The van der Waals surface area contributed by atoms with Crippen LogP contribution in [0.5, 0.6) is 11.5 Å². The van der Waals surface area contributed by atoms with Gasteiger partial charge >= 0.3 is 0 Å². The molecule has 204 valence electrons. The summed E-state index contributed by atoms with van der Waals surface area (Å²) in [6.07, 6.45) is 3.38. The first-order chi connectivity index (χ1) is 18.1. The highest BCUT2D eigenvalue weighted by molar-refractivity contribution is 7.99. The van der Waals surface area contributed by atoms with Gasteiger partial charge in [0.15, 0.2) is 0 Å². The van der Waals surface area contributed by atoms with Gasteiger partial charge in [0.05, 0.1) is 32.1 Å². The summed E-state index contributed by atoms with van der Waals surface area (Å²) in [6, 6.07) is 15.5. The number of anilines is 1. The first-order valence-electron chi connectivity index (χ1n) is 13.7. The predicted molar refractivity (Wildman–Crippen MR) is 154 cm³/mol. The fraction of sp³-hybridized carbons (Fsp3) is 0.600. The average molecular weight is 529 g/mol. The van der Waals surface area contributed by atoms with Gasteiger partial charge in [0.2, 0.25) is 0 Å². The van der Waals surface area contributed by atoms with Crippen molar-refractivity contribution in [2.45, 2.75) is 63.0 Å². The number of hydrogen-bond donors (Lipinski definition) is 1. The molecule has 0 unspecified atom stereocenters. The van der Waals surface area contributed by atoms with Gasteiger partial charge in [-0.05, 0) is 60.4 Å². The van der Waals surface area contributed by atoms with Crippen LogP contribution in [0.1, 0.15) is 50.2 Å². The molecule has 6 nitrogen and oxygen atoms in total. The molecular formula is C30H44N2O4S. The second kappa shape index (κ2) is 14.3. The van der Waals surface area contributed by atoms with Crippen LogP contribution in [-0.4, -0.2) is 70.2 Å². The minimum Gasteiger partial charge on any atom is -0.497 e. The van der Waals surface area contributed by atoms with Crippen molar-refractivity contribution < 1.29 is 18.9 Å². The maximum Gasteiger partial charge on any atom is 0.142 e. The van der Waals surface area contributed by atoms with Crippen molar-refractivity contribution in [3.63, 3.8) is 0 Å². The van der Waals surface area contributed by atoms with E-state index >= 15 is 0 Å². The third-order valence-electron chi connectivity index (χ3n) is 7.43. The van der Waals surface area contributed by atoms with Crippen LogP contribution < -0.4 is 19.7 Å². The lowest BCUT2D eigenvalue weighted by molar-refractivity contribution is 0.00231. The Labute approximate surface area is 227 Å². The zero-order valence-electron chi connectivity index (χ0n) is 22.9. The average Bonchev–Trinajstić information content (AvgIpc) is 2.92. The number of methoxy groups -OCH3 is 2. The Kier molecular flexibility index (Phi) is 10.8. The Balaban J connectivity index is 1.44. The molecule has 2 aliphatic heterocycles. The van der Waals surface area contributed by atoms with E-state index in [4.69, 9.17) is 18.9 Å². The van der Waals surface area contributed by atoms with Crippen LogP contribution in [0.4, 0.5) is 5.69 Å². The monoisotopic (exact) mass is 528 g/mol. The first kappa shape index (κ1) is 28.1. The van der Waals surface area contributed by atoms with Crippen LogP contribution in [0.25, 0.3) is 0 Å². The molecular weight excluding hydrogens is 484 g/mol. The zero-order chi connectivity index (χ0) is 26.0. The van der Waals surface area contributed by atoms with E-state index in [1.165, 1.54) is 23.2 Å². The van der Waals surface area contributed by atoms with Crippen molar-refractivity contribution in [2.75, 3.05) is 57.7 Å². The number of hydrogen-bond acceptors (Lipinski definition) is 7. The fourth-order valence-corrected chi connectivity index (χ4v) is 6.46. The van der Waals surface area contributed by atoms with Gasteiger partial charge in [-0.1, -0.05) is 32.0 Å². The van der Waals surface area contributed by atoms with Crippen LogP contribution in [0.15, 0.2) is 42.5 Å². The molecule has 4 rings (SSSR count). The van der Waals surface area contributed by atoms with E-state index < -0.39 is 0 Å². The Morgan fingerprint density at radius 2 is 2.00 bits per heavy atom. The van der Waals surface area contributed by atoms with Gasteiger partial charge in [-0.25, -0.2) is 0 Å². The summed E-state index contributed by atoms with van der Waals surface area (Å²) < 4.78 is 23.2. The summed E-state index contributed by atoms with van der Waals surface area (Å²) in [7, 11) is 3.48. The van der Waals surface area contributed by atoms with Crippen molar-refractivity contribution in [1.82, 2.24) is 5.32 Å². The molecule has 2 aromatic carbocycles. The van der Waals surface area contributed by atoms with E-state index in [1.807, 2.05) is 11.8 Å². The molecule has 1 fully saturated rings. The molecule has 2 aromatic rings. The van der Waals surface area contributed by atoms with Crippen molar-refractivity contribution in [1.29, 1.82) is 0 Å². The highest BCUT2D eigenvalue weighted by atomic mass is 32.2. The molecule has 0 aliphatic carbocycles. The molecule has 2 aliphatic rings. The largest absolute Gasteiger partial charge is 0.497 e. The molecule has 0 spiro atoms. The van der Waals surface area contributed by atoms with Gasteiger partial charge in [-0.3, -0.25) is 0 Å². The van der Waals surface area contributed by atoms with E-state index in [9.17, 15) is 0 Å². The van der Waals surface area contributed by atoms with Crippen molar-refractivity contribution in [3.05, 3.63) is 53.6 Å². The molecule has 0 aromatic heterocycles. The van der Waals surface area contributed by atoms with Gasteiger partial charge in [0.1, 0.15) is 18.1 Å². The van der Waals surface area contributed by atoms with Crippen molar-refractivity contribution >= 4 is 17.4 Å². The predicted octanol–water partition coefficient (Wildman–Crippen LogP) is 5.49. The number of benzene rings is 2. The summed E-state index contributed by atoms with van der Waals surface area (Å²) in [4.78, 5) is 2.41. The summed E-state index contributed by atoms with van der Waals surface area (Å²) in [5.74, 6) is 3.37. The third-order valence-corrected chi connectivity index (χ3v) is 8.52. The molecule has 2 heterocycles. The van der Waals surface area contributed by atoms with Crippen molar-refractivity contribution in [2.24, 2.45) is 0 Å². The van der Waals surface area contributed by atoms with Gasteiger partial charge in [-0.2, -0.15) is 11.8 Å².